The third-order valence-corrected chi connectivity index (χ3v) is 26.2. The Hall–Kier alpha value is -10.6. The van der Waals surface area contributed by atoms with Crippen molar-refractivity contribution in [3.63, 3.8) is 0 Å². The molecule has 10 nitrogen and oxygen atoms in total. The standard InChI is InChI=1S/C110H125BrN4O6/c1-105(2,3)88-52-76-46-77-53-89(106(4,5)6)57-81(99(77)43-71-28-36-95(37-29-71)113(20)67-117)49-86-62-93(110(16,17)18)63-87-51-83-59-91(108(10,11)12)55-79(101(83)45-73-32-40-97(41-33-73)115(22)69-119)47-78-54-90(107(7,8)9)58-82(100(78)44-72-30-38-96(39-31-72)114(21)68-118)50-85-61-92(109(13,14)15)60-84(103(85)120-64-74-24-23-25-75(102(74)111)65-121-104(86)87)48-80(56-88)98(76)42-70-26-34-94(35-27-70)112(19)66-116/h23-41,52-63,66-69H,42-51,64-65H2,1-22H3. The molecule has 11 aromatic carbocycles. The van der Waals surface area contributed by atoms with E-state index in [9.17, 15) is 19.2 Å². The van der Waals surface area contributed by atoms with Crippen molar-refractivity contribution in [2.45, 2.75) is 235 Å². The lowest BCUT2D eigenvalue weighted by atomic mass is 9.76. The molecule has 2 aliphatic rings. The highest BCUT2D eigenvalue weighted by Crippen LogP contribution is 2.46. The first-order chi connectivity index (χ1) is 57.0. The second-order valence-electron chi connectivity index (χ2n) is 40.6. The number of halogens is 1. The van der Waals surface area contributed by atoms with Crippen LogP contribution >= 0.6 is 15.9 Å². The van der Waals surface area contributed by atoms with E-state index in [2.05, 4.69) is 329 Å². The van der Waals surface area contributed by atoms with E-state index in [-0.39, 0.29) is 45.7 Å². The maximum Gasteiger partial charge on any atom is 0.213 e. The van der Waals surface area contributed by atoms with Gasteiger partial charge in [0, 0.05) is 92.2 Å². The maximum atomic E-state index is 12.4. The maximum absolute atomic E-state index is 12.4. The molecule has 0 N–H and O–H groups in total. The number of anilines is 4. The van der Waals surface area contributed by atoms with Gasteiger partial charge >= 0.3 is 0 Å². The van der Waals surface area contributed by atoms with E-state index in [0.717, 1.165) is 120 Å². The molecular formula is C110H125BrN4O6. The van der Waals surface area contributed by atoms with Crippen LogP contribution in [0.3, 0.4) is 0 Å². The molecule has 0 saturated heterocycles. The van der Waals surface area contributed by atoms with Crippen molar-refractivity contribution in [3.8, 4) is 11.5 Å². The number of ether oxygens (including phenoxy) is 2. The molecule has 0 aliphatic carbocycles. The first kappa shape index (κ1) is 88.2. The molecule has 13 rings (SSSR count). The fraction of sp³-hybridized carbons (Fsp3) is 0.364. The van der Waals surface area contributed by atoms with Crippen molar-refractivity contribution >= 4 is 64.3 Å². The largest absolute Gasteiger partial charge is 0.488 e. The summed E-state index contributed by atoms with van der Waals surface area (Å²) in [6.45, 7) is 42.7. The Morgan fingerprint density at radius 1 is 0.264 bits per heavy atom. The van der Waals surface area contributed by atoms with Crippen molar-refractivity contribution in [1.29, 1.82) is 0 Å². The summed E-state index contributed by atoms with van der Waals surface area (Å²) in [4.78, 5) is 56.1. The van der Waals surface area contributed by atoms with Crippen LogP contribution < -0.4 is 29.1 Å². The Labute approximate surface area is 730 Å². The summed E-state index contributed by atoms with van der Waals surface area (Å²) in [5.74, 6) is 1.71. The van der Waals surface area contributed by atoms with Crippen LogP contribution in [0.1, 0.15) is 280 Å². The summed E-state index contributed by atoms with van der Waals surface area (Å²) in [6.07, 6.45) is 9.33. The SMILES string of the molecule is CN(C=O)c1ccc(Cc2c3cc(C(C)(C)C)cc2Cc2cc(C(C)(C)C)cc4c2OCc2cccc(c2Br)COc2c(cc(C(C)(C)C)cc2Cc2cc(C(C)(C)C)cc(c2Cc2ccc(N(C)C=O)cc2)Cc2cc(C(C)(C)C)cc(c2Cc2ccc(N(C)C=O)cc2)C4)Cc2cc(C(C)(C)C)cc(c2Cc2ccc(N(C)C=O)cc2)C3)cc1. The highest BCUT2D eigenvalue weighted by molar-refractivity contribution is 9.10. The number of nitrogens with zero attached hydrogens (tertiary/aromatic N) is 4. The van der Waals surface area contributed by atoms with E-state index in [4.69, 9.17) is 9.47 Å². The van der Waals surface area contributed by atoms with E-state index >= 15 is 0 Å². The predicted molar refractivity (Wildman–Crippen MR) is 505 cm³/mol. The number of fused-ring (bicyclic) bond motifs is 10. The van der Waals surface area contributed by atoms with E-state index < -0.39 is 0 Å². The average Bonchev–Trinajstić information content (AvgIpc) is 0.758. The monoisotopic (exact) mass is 1680 g/mol. The van der Waals surface area contributed by atoms with Crippen LogP contribution in [0.15, 0.2) is 193 Å². The minimum atomic E-state index is -0.314. The van der Waals surface area contributed by atoms with Crippen molar-refractivity contribution < 1.29 is 28.7 Å². The zero-order chi connectivity index (χ0) is 87.2. The van der Waals surface area contributed by atoms with Gasteiger partial charge in [0.15, 0.2) is 0 Å². The van der Waals surface area contributed by atoms with Gasteiger partial charge in [-0.2, -0.15) is 0 Å². The zero-order valence-electron chi connectivity index (χ0n) is 75.8. The smallest absolute Gasteiger partial charge is 0.213 e. The Morgan fingerprint density at radius 3 is 0.612 bits per heavy atom. The fourth-order valence-electron chi connectivity index (χ4n) is 17.2. The average molecular weight is 1680 g/mol. The molecule has 0 saturated carbocycles. The van der Waals surface area contributed by atoms with Gasteiger partial charge in [0.05, 0.1) is 0 Å². The number of amides is 4. The molecule has 0 fully saturated rings. The Bertz CT molecular complexity index is 5050. The number of carbonyl (C=O) groups is 4. The van der Waals surface area contributed by atoms with Crippen LogP contribution in [0.25, 0.3) is 0 Å². The Kier molecular flexibility index (Phi) is 25.6. The van der Waals surface area contributed by atoms with Gasteiger partial charge in [-0.15, -0.1) is 0 Å². The molecule has 2 heterocycles. The van der Waals surface area contributed by atoms with Gasteiger partial charge in [-0.25, -0.2) is 0 Å². The molecule has 11 aromatic rings. The van der Waals surface area contributed by atoms with Gasteiger partial charge < -0.3 is 29.1 Å². The second kappa shape index (κ2) is 35.1. The molecular weight excluding hydrogens is 1550 g/mol. The first-order valence-electron chi connectivity index (χ1n) is 43.1. The van der Waals surface area contributed by atoms with Gasteiger partial charge in [-0.3, -0.25) is 19.2 Å². The molecule has 121 heavy (non-hydrogen) atoms. The van der Waals surface area contributed by atoms with E-state index in [1.165, 1.54) is 100 Å². The quantitative estimate of drug-likeness (QED) is 0.0894. The van der Waals surface area contributed by atoms with Crippen LogP contribution in [0.2, 0.25) is 0 Å². The lowest BCUT2D eigenvalue weighted by Gasteiger charge is -2.30. The molecule has 4 amide bonds. The molecule has 12 bridgehead atoms. The molecule has 11 heteroatoms. The summed E-state index contributed by atoms with van der Waals surface area (Å²) in [7, 11) is 7.22. The van der Waals surface area contributed by atoms with Crippen LogP contribution in [0.5, 0.6) is 11.5 Å². The summed E-state index contributed by atoms with van der Waals surface area (Å²) < 4.78 is 16.8. The Balaban J connectivity index is 1.23. The van der Waals surface area contributed by atoms with Crippen molar-refractivity contribution in [2.24, 2.45) is 0 Å². The molecule has 0 radical (unpaired) electrons. The molecule has 628 valence electrons. The number of rotatable bonds is 16. The Morgan fingerprint density at radius 2 is 0.438 bits per heavy atom. The molecule has 0 spiro atoms. The van der Waals surface area contributed by atoms with Crippen LogP contribution in [-0.2, 0) is 129 Å². The summed E-state index contributed by atoms with van der Waals surface area (Å²) >= 11 is 4.32. The minimum Gasteiger partial charge on any atom is -0.488 e. The second-order valence-corrected chi connectivity index (χ2v) is 41.4. The molecule has 0 aromatic heterocycles. The lowest BCUT2D eigenvalue weighted by Crippen LogP contribution is -2.19. The van der Waals surface area contributed by atoms with Crippen molar-refractivity contribution in [3.05, 3.63) is 348 Å². The number of hydrogen-bond acceptors (Lipinski definition) is 6. The predicted octanol–water partition coefficient (Wildman–Crippen LogP) is 24.3. The van der Waals surface area contributed by atoms with E-state index in [1.54, 1.807) is 47.8 Å². The normalized spacial score (nSPS) is 13.4. The summed E-state index contributed by atoms with van der Waals surface area (Å²) in [5.41, 5.74) is 34.7. The van der Waals surface area contributed by atoms with Crippen LogP contribution in [0, 0.1) is 0 Å². The van der Waals surface area contributed by atoms with Gasteiger partial charge in [0.1, 0.15) is 24.7 Å². The lowest BCUT2D eigenvalue weighted by molar-refractivity contribution is -0.107. The number of carbonyl (C=O) groups excluding carboxylic acids is 4. The molecule has 0 atom stereocenters. The topological polar surface area (TPSA) is 99.7 Å². The first-order valence-corrected chi connectivity index (χ1v) is 43.9. The highest BCUT2D eigenvalue weighted by Gasteiger charge is 2.33. The van der Waals surface area contributed by atoms with E-state index in [0.29, 0.717) is 64.2 Å². The van der Waals surface area contributed by atoms with Crippen molar-refractivity contribution in [2.75, 3.05) is 47.8 Å². The minimum absolute atomic E-state index is 0.262. The zero-order valence-corrected chi connectivity index (χ0v) is 77.4. The third-order valence-electron chi connectivity index (χ3n) is 25.1. The molecule has 0 unspecified atom stereocenters. The summed E-state index contributed by atoms with van der Waals surface area (Å²) in [6, 6.07) is 70.7. The highest BCUT2D eigenvalue weighted by atomic mass is 79.9. The van der Waals surface area contributed by atoms with Gasteiger partial charge in [-0.05, 0) is 280 Å². The molecule has 2 aliphatic heterocycles. The third kappa shape index (κ3) is 20.3. The van der Waals surface area contributed by atoms with Gasteiger partial charge in [0.25, 0.3) is 0 Å². The number of hydrogen-bond donors (Lipinski definition) is 0. The number of benzene rings is 11. The summed E-state index contributed by atoms with van der Waals surface area (Å²) in [5, 5.41) is 0. The van der Waals surface area contributed by atoms with Crippen molar-refractivity contribution in [1.82, 2.24) is 0 Å². The van der Waals surface area contributed by atoms with E-state index in [1.807, 2.05) is 0 Å². The fourth-order valence-corrected chi connectivity index (χ4v) is 17.7. The van der Waals surface area contributed by atoms with Gasteiger partial charge in [0.2, 0.25) is 25.6 Å². The van der Waals surface area contributed by atoms with Gasteiger partial charge in [-0.1, -0.05) is 264 Å². The van der Waals surface area contributed by atoms with Crippen LogP contribution in [-0.4, -0.2) is 53.8 Å². The van der Waals surface area contributed by atoms with Crippen LogP contribution in [0.4, 0.5) is 22.7 Å².